The predicted molar refractivity (Wildman–Crippen MR) is 228 cm³/mol. The summed E-state index contributed by atoms with van der Waals surface area (Å²) in [4.78, 5) is 12.2. The van der Waals surface area contributed by atoms with Crippen LogP contribution in [0.2, 0.25) is 0 Å². The zero-order valence-electron chi connectivity index (χ0n) is 34.3. The van der Waals surface area contributed by atoms with E-state index >= 15 is 0 Å². The number of unbranched alkanes of at least 4 members (excludes halogenated alkanes) is 20. The summed E-state index contributed by atoms with van der Waals surface area (Å²) in [5.41, 5.74) is 0. The van der Waals surface area contributed by atoms with Crippen molar-refractivity contribution in [3.05, 3.63) is 72.9 Å². The summed E-state index contributed by atoms with van der Waals surface area (Å²) in [6, 6.07) is 0. The van der Waals surface area contributed by atoms with Crippen molar-refractivity contribution in [2.75, 3.05) is 19.8 Å². The van der Waals surface area contributed by atoms with Crippen molar-refractivity contribution in [3.63, 3.8) is 0 Å². The molecule has 0 saturated carbocycles. The molecule has 0 rings (SSSR count). The molecule has 0 aliphatic carbocycles. The summed E-state index contributed by atoms with van der Waals surface area (Å²) < 4.78 is 11.2. The largest absolute Gasteiger partial charge is 0.457 e. The topological polar surface area (TPSA) is 55.8 Å². The van der Waals surface area contributed by atoms with Crippen LogP contribution in [0, 0.1) is 0 Å². The summed E-state index contributed by atoms with van der Waals surface area (Å²) in [6.07, 6.45) is 61.0. The van der Waals surface area contributed by atoms with Gasteiger partial charge in [-0.15, -0.1) is 0 Å². The summed E-state index contributed by atoms with van der Waals surface area (Å²) in [6.45, 7) is 5.21. The van der Waals surface area contributed by atoms with Gasteiger partial charge in [-0.2, -0.15) is 0 Å². The third-order valence-electron chi connectivity index (χ3n) is 9.27. The molecule has 0 aromatic carbocycles. The molecule has 52 heavy (non-hydrogen) atoms. The van der Waals surface area contributed by atoms with Gasteiger partial charge < -0.3 is 14.6 Å². The van der Waals surface area contributed by atoms with Crippen molar-refractivity contribution < 1.29 is 19.4 Å². The van der Waals surface area contributed by atoms with Crippen LogP contribution in [0.4, 0.5) is 0 Å². The van der Waals surface area contributed by atoms with Crippen molar-refractivity contribution in [3.8, 4) is 0 Å². The summed E-state index contributed by atoms with van der Waals surface area (Å²) in [5, 5.41) is 9.61. The summed E-state index contributed by atoms with van der Waals surface area (Å²) >= 11 is 0. The molecule has 0 fully saturated rings. The fraction of sp³-hybridized carbons (Fsp3) is 0.729. The Bertz CT molecular complexity index is 896. The maximum Gasteiger partial charge on any atom is 0.306 e. The molecule has 300 valence electrons. The maximum atomic E-state index is 12.2. The smallest absolute Gasteiger partial charge is 0.306 e. The molecule has 0 aromatic heterocycles. The maximum absolute atomic E-state index is 12.2. The molecule has 0 spiro atoms. The first-order valence-corrected chi connectivity index (χ1v) is 22.0. The second kappa shape index (κ2) is 45.0. The van der Waals surface area contributed by atoms with Gasteiger partial charge in [0, 0.05) is 13.0 Å². The minimum atomic E-state index is -0.550. The van der Waals surface area contributed by atoms with Gasteiger partial charge in [-0.25, -0.2) is 0 Å². The first-order valence-electron chi connectivity index (χ1n) is 22.0. The van der Waals surface area contributed by atoms with Gasteiger partial charge in [0.2, 0.25) is 0 Å². The number of ether oxygens (including phenoxy) is 2. The molecule has 4 nitrogen and oxygen atoms in total. The van der Waals surface area contributed by atoms with Crippen LogP contribution in [-0.4, -0.2) is 37.0 Å². The summed E-state index contributed by atoms with van der Waals surface area (Å²) in [5.74, 6) is -0.221. The number of hydrogen-bond acceptors (Lipinski definition) is 4. The van der Waals surface area contributed by atoms with E-state index in [0.717, 1.165) is 64.2 Å². The highest BCUT2D eigenvalue weighted by Crippen LogP contribution is 2.13. The molecular weight excluding hydrogens is 641 g/mol. The van der Waals surface area contributed by atoms with Crippen LogP contribution < -0.4 is 0 Å². The van der Waals surface area contributed by atoms with Crippen LogP contribution in [0.15, 0.2) is 72.9 Å². The molecular formula is C48H84O4. The second-order valence-electron chi connectivity index (χ2n) is 14.4. The van der Waals surface area contributed by atoms with E-state index in [1.54, 1.807) is 0 Å². The average Bonchev–Trinajstić information content (AvgIpc) is 3.15. The van der Waals surface area contributed by atoms with Gasteiger partial charge in [-0.1, -0.05) is 183 Å². The van der Waals surface area contributed by atoms with Crippen molar-refractivity contribution in [2.24, 2.45) is 0 Å². The Hall–Kier alpha value is -2.17. The first kappa shape index (κ1) is 49.8. The van der Waals surface area contributed by atoms with E-state index in [1.807, 2.05) is 0 Å². The Labute approximate surface area is 323 Å². The number of hydrogen-bond donors (Lipinski definition) is 1. The highest BCUT2D eigenvalue weighted by Gasteiger charge is 2.13. The number of rotatable bonds is 40. The van der Waals surface area contributed by atoms with Gasteiger partial charge in [0.25, 0.3) is 0 Å². The molecule has 0 aromatic rings. The molecule has 0 saturated heterocycles. The zero-order chi connectivity index (χ0) is 37.7. The lowest BCUT2D eigenvalue weighted by Gasteiger charge is -2.15. The van der Waals surface area contributed by atoms with Crippen LogP contribution in [-0.2, 0) is 14.3 Å². The average molecular weight is 725 g/mol. The number of allylic oxidation sites excluding steroid dienone is 12. The lowest BCUT2D eigenvalue weighted by atomic mass is 10.1. The van der Waals surface area contributed by atoms with E-state index < -0.39 is 6.10 Å². The van der Waals surface area contributed by atoms with Gasteiger partial charge in [0.1, 0.15) is 6.10 Å². The molecule has 1 N–H and O–H groups in total. The number of carbonyl (C=O) groups is 1. The lowest BCUT2D eigenvalue weighted by molar-refractivity contribution is -0.154. The zero-order valence-corrected chi connectivity index (χ0v) is 34.3. The molecule has 0 aliphatic heterocycles. The van der Waals surface area contributed by atoms with E-state index in [4.69, 9.17) is 9.47 Å². The van der Waals surface area contributed by atoms with Crippen LogP contribution in [0.25, 0.3) is 0 Å². The Morgan fingerprint density at radius 3 is 1.33 bits per heavy atom. The van der Waals surface area contributed by atoms with E-state index in [-0.39, 0.29) is 19.2 Å². The molecule has 0 aliphatic rings. The van der Waals surface area contributed by atoms with E-state index in [1.165, 1.54) is 116 Å². The van der Waals surface area contributed by atoms with Gasteiger partial charge in [-0.05, 0) is 83.5 Å². The number of aliphatic hydroxyl groups is 1. The van der Waals surface area contributed by atoms with Crippen molar-refractivity contribution in [1.29, 1.82) is 0 Å². The quantitative estimate of drug-likeness (QED) is 0.0388. The Morgan fingerprint density at radius 2 is 0.865 bits per heavy atom. The molecule has 1 unspecified atom stereocenters. The minimum Gasteiger partial charge on any atom is -0.457 e. The van der Waals surface area contributed by atoms with Gasteiger partial charge >= 0.3 is 5.97 Å². The van der Waals surface area contributed by atoms with E-state index in [9.17, 15) is 9.90 Å². The van der Waals surface area contributed by atoms with Gasteiger partial charge in [0.15, 0.2) is 0 Å². The first-order chi connectivity index (χ1) is 25.7. The number of aliphatic hydroxyl groups excluding tert-OH is 1. The second-order valence-corrected chi connectivity index (χ2v) is 14.4. The third kappa shape index (κ3) is 42.2. The van der Waals surface area contributed by atoms with Gasteiger partial charge in [0.05, 0.1) is 13.2 Å². The Balaban J connectivity index is 3.50. The van der Waals surface area contributed by atoms with E-state index in [0.29, 0.717) is 13.0 Å². The predicted octanol–water partition coefficient (Wildman–Crippen LogP) is 14.6. The third-order valence-corrected chi connectivity index (χ3v) is 9.27. The monoisotopic (exact) mass is 725 g/mol. The Morgan fingerprint density at radius 1 is 0.481 bits per heavy atom. The van der Waals surface area contributed by atoms with Crippen molar-refractivity contribution >= 4 is 5.97 Å². The molecule has 0 heterocycles. The molecule has 0 radical (unpaired) electrons. The SMILES string of the molecule is CC/C=C\C/C=C\C/C=C\C/C=C\C/C=C\CCCCCCCC(=O)OC(CO)COCCCCCCCCCC/C=C\CCCCCCCCC. The van der Waals surface area contributed by atoms with Crippen LogP contribution in [0.3, 0.4) is 0 Å². The van der Waals surface area contributed by atoms with Crippen molar-refractivity contribution in [1.82, 2.24) is 0 Å². The lowest BCUT2D eigenvalue weighted by Crippen LogP contribution is -2.27. The molecule has 1 atom stereocenters. The van der Waals surface area contributed by atoms with Crippen LogP contribution >= 0.6 is 0 Å². The van der Waals surface area contributed by atoms with Crippen molar-refractivity contribution in [2.45, 2.75) is 206 Å². The van der Waals surface area contributed by atoms with E-state index in [2.05, 4.69) is 86.8 Å². The standard InChI is InChI=1S/C48H84O4/c1-3-5-7-9-11-13-15-17-19-21-23-24-25-27-29-31-33-35-37-39-41-43-48(50)52-47(45-49)46-51-44-42-40-38-36-34-32-30-28-26-22-20-18-16-14-12-10-8-6-4-2/h5,7,11,13,17,19-20,22-24,27,29,47,49H,3-4,6,8-10,12,14-16,18,21,25-26,28,30-46H2,1-2H3/b7-5-,13-11-,19-17-,22-20-,24-23-,29-27-. The fourth-order valence-electron chi connectivity index (χ4n) is 6.00. The number of carbonyl (C=O) groups excluding carboxylic acids is 1. The fourth-order valence-corrected chi connectivity index (χ4v) is 6.00. The van der Waals surface area contributed by atoms with Crippen LogP contribution in [0.5, 0.6) is 0 Å². The highest BCUT2D eigenvalue weighted by atomic mass is 16.6. The Kier molecular flexibility index (Phi) is 43.1. The molecule has 0 bridgehead atoms. The molecule has 0 amide bonds. The number of esters is 1. The highest BCUT2D eigenvalue weighted by molar-refractivity contribution is 5.69. The molecule has 4 heteroatoms. The van der Waals surface area contributed by atoms with Gasteiger partial charge in [-0.3, -0.25) is 4.79 Å². The van der Waals surface area contributed by atoms with Crippen LogP contribution in [0.1, 0.15) is 200 Å². The normalized spacial score (nSPS) is 13.1. The summed E-state index contributed by atoms with van der Waals surface area (Å²) in [7, 11) is 0. The minimum absolute atomic E-state index is 0.184.